The van der Waals surface area contributed by atoms with E-state index in [0.29, 0.717) is 5.56 Å². The van der Waals surface area contributed by atoms with Gasteiger partial charge in [0.05, 0.1) is 11.2 Å². The number of nitro groups is 1. The average molecular weight is 207 g/mol. The van der Waals surface area contributed by atoms with Gasteiger partial charge < -0.3 is 4.74 Å². The van der Waals surface area contributed by atoms with Gasteiger partial charge in [-0.3, -0.25) is 14.9 Å². The second-order valence-corrected chi connectivity index (χ2v) is 2.76. The van der Waals surface area contributed by atoms with Crippen molar-refractivity contribution in [3.05, 3.63) is 46.2 Å². The van der Waals surface area contributed by atoms with Crippen LogP contribution in [0, 0.1) is 10.1 Å². The smallest absolute Gasteiger partial charge is 0.307 e. The van der Waals surface area contributed by atoms with Crippen LogP contribution in [0.4, 0.5) is 5.69 Å². The van der Waals surface area contributed by atoms with Crippen molar-refractivity contribution >= 4 is 17.7 Å². The fourth-order valence-electron chi connectivity index (χ4n) is 0.950. The molecule has 0 fully saturated rings. The van der Waals surface area contributed by atoms with Crippen molar-refractivity contribution < 1.29 is 14.5 Å². The summed E-state index contributed by atoms with van der Waals surface area (Å²) in [5.41, 5.74) is 0.602. The first-order valence-corrected chi connectivity index (χ1v) is 4.18. The molecule has 0 spiro atoms. The molecule has 0 amide bonds. The van der Waals surface area contributed by atoms with Crippen molar-refractivity contribution in [2.45, 2.75) is 6.92 Å². The maximum Gasteiger partial charge on any atom is 0.307 e. The lowest BCUT2D eigenvalue weighted by Crippen LogP contribution is -1.90. The van der Waals surface area contributed by atoms with E-state index in [9.17, 15) is 14.9 Å². The van der Waals surface area contributed by atoms with Gasteiger partial charge in [-0.05, 0) is 11.6 Å². The SMILES string of the molecule is CC(=O)O/C=C/c1cccc([N+](=O)[O-])c1. The summed E-state index contributed by atoms with van der Waals surface area (Å²) in [6, 6.07) is 6.02. The van der Waals surface area contributed by atoms with Gasteiger partial charge in [0, 0.05) is 19.1 Å². The van der Waals surface area contributed by atoms with Gasteiger partial charge in [0.15, 0.2) is 0 Å². The Morgan fingerprint density at radius 3 is 2.87 bits per heavy atom. The van der Waals surface area contributed by atoms with Crippen LogP contribution in [0.1, 0.15) is 12.5 Å². The Bertz CT molecular complexity index is 412. The first kappa shape index (κ1) is 10.9. The zero-order chi connectivity index (χ0) is 11.3. The highest BCUT2D eigenvalue weighted by molar-refractivity contribution is 5.67. The Hall–Kier alpha value is -2.17. The lowest BCUT2D eigenvalue weighted by molar-refractivity contribution is -0.384. The number of hydrogen-bond acceptors (Lipinski definition) is 4. The number of non-ortho nitro benzene ring substituents is 1. The molecule has 0 heterocycles. The Kier molecular flexibility index (Phi) is 3.56. The maximum absolute atomic E-state index is 10.4. The largest absolute Gasteiger partial charge is 0.435 e. The van der Waals surface area contributed by atoms with Crippen molar-refractivity contribution in [3.8, 4) is 0 Å². The molecule has 78 valence electrons. The highest BCUT2D eigenvalue weighted by atomic mass is 16.6. The molecule has 0 aromatic heterocycles. The second kappa shape index (κ2) is 4.90. The molecule has 0 N–H and O–H groups in total. The highest BCUT2D eigenvalue weighted by Gasteiger charge is 2.03. The van der Waals surface area contributed by atoms with E-state index in [0.717, 1.165) is 0 Å². The van der Waals surface area contributed by atoms with E-state index in [4.69, 9.17) is 0 Å². The topological polar surface area (TPSA) is 69.4 Å². The third kappa shape index (κ3) is 3.60. The molecule has 0 saturated heterocycles. The molecular formula is C10H9NO4. The predicted molar refractivity (Wildman–Crippen MR) is 53.9 cm³/mol. The van der Waals surface area contributed by atoms with Crippen molar-refractivity contribution in [1.82, 2.24) is 0 Å². The van der Waals surface area contributed by atoms with Crippen LogP contribution in [0.25, 0.3) is 6.08 Å². The Morgan fingerprint density at radius 2 is 2.27 bits per heavy atom. The molecule has 0 radical (unpaired) electrons. The quantitative estimate of drug-likeness (QED) is 0.329. The van der Waals surface area contributed by atoms with Crippen LogP contribution in [0.15, 0.2) is 30.5 Å². The first-order chi connectivity index (χ1) is 7.09. The number of carbonyl (C=O) groups excluding carboxylic acids is 1. The van der Waals surface area contributed by atoms with Crippen molar-refractivity contribution in [1.29, 1.82) is 0 Å². The first-order valence-electron chi connectivity index (χ1n) is 4.18. The predicted octanol–water partition coefficient (Wildman–Crippen LogP) is 2.13. The normalized spacial score (nSPS) is 10.2. The van der Waals surface area contributed by atoms with Gasteiger partial charge in [-0.1, -0.05) is 12.1 Å². The van der Waals surface area contributed by atoms with Crippen molar-refractivity contribution in [3.63, 3.8) is 0 Å². The van der Waals surface area contributed by atoms with E-state index < -0.39 is 10.9 Å². The lowest BCUT2D eigenvalue weighted by atomic mass is 10.2. The molecule has 0 aliphatic carbocycles. The van der Waals surface area contributed by atoms with Gasteiger partial charge in [-0.2, -0.15) is 0 Å². The van der Waals surface area contributed by atoms with Crippen LogP contribution in [-0.4, -0.2) is 10.9 Å². The molecule has 1 aromatic rings. The standard InChI is InChI=1S/C10H9NO4/c1-8(12)15-6-5-9-3-2-4-10(7-9)11(13)14/h2-7H,1H3/b6-5+. The zero-order valence-electron chi connectivity index (χ0n) is 8.04. The van der Waals surface area contributed by atoms with Gasteiger partial charge in [-0.25, -0.2) is 0 Å². The van der Waals surface area contributed by atoms with E-state index in [1.807, 2.05) is 0 Å². The van der Waals surface area contributed by atoms with E-state index in [1.165, 1.54) is 31.4 Å². The molecule has 1 rings (SSSR count). The van der Waals surface area contributed by atoms with Crippen molar-refractivity contribution in [2.75, 3.05) is 0 Å². The Morgan fingerprint density at radius 1 is 1.53 bits per heavy atom. The summed E-state index contributed by atoms with van der Waals surface area (Å²) >= 11 is 0. The Balaban J connectivity index is 2.78. The summed E-state index contributed by atoms with van der Waals surface area (Å²) in [5.74, 6) is -0.434. The van der Waals surface area contributed by atoms with Gasteiger partial charge in [0.1, 0.15) is 0 Å². The van der Waals surface area contributed by atoms with Gasteiger partial charge in [0.2, 0.25) is 0 Å². The monoisotopic (exact) mass is 207 g/mol. The highest BCUT2D eigenvalue weighted by Crippen LogP contribution is 2.13. The van der Waals surface area contributed by atoms with Crippen LogP contribution >= 0.6 is 0 Å². The fraction of sp³-hybridized carbons (Fsp3) is 0.100. The summed E-state index contributed by atoms with van der Waals surface area (Å²) in [6.07, 6.45) is 2.68. The van der Waals surface area contributed by atoms with Crippen LogP contribution in [0.5, 0.6) is 0 Å². The molecule has 0 aliphatic rings. The molecule has 0 saturated carbocycles. The number of ether oxygens (including phenoxy) is 1. The van der Waals surface area contributed by atoms with Crippen LogP contribution in [0.2, 0.25) is 0 Å². The van der Waals surface area contributed by atoms with Gasteiger partial charge in [-0.15, -0.1) is 0 Å². The number of nitrogens with zero attached hydrogens (tertiary/aromatic N) is 1. The molecule has 0 unspecified atom stereocenters. The number of carbonyl (C=O) groups is 1. The number of rotatable bonds is 3. The van der Waals surface area contributed by atoms with Gasteiger partial charge in [0.25, 0.3) is 5.69 Å². The summed E-state index contributed by atoms with van der Waals surface area (Å²) < 4.78 is 4.56. The zero-order valence-corrected chi connectivity index (χ0v) is 8.04. The van der Waals surface area contributed by atoms with Crippen molar-refractivity contribution in [2.24, 2.45) is 0 Å². The third-order valence-corrected chi connectivity index (χ3v) is 1.58. The minimum Gasteiger partial charge on any atom is -0.435 e. The minimum absolute atomic E-state index is 0.0000231. The second-order valence-electron chi connectivity index (χ2n) is 2.76. The van der Waals surface area contributed by atoms with E-state index in [2.05, 4.69) is 4.74 Å². The minimum atomic E-state index is -0.483. The van der Waals surface area contributed by atoms with Crippen LogP contribution < -0.4 is 0 Å². The van der Waals surface area contributed by atoms with Crippen LogP contribution in [-0.2, 0) is 9.53 Å². The fourth-order valence-corrected chi connectivity index (χ4v) is 0.950. The van der Waals surface area contributed by atoms with E-state index in [1.54, 1.807) is 12.1 Å². The number of hydrogen-bond donors (Lipinski definition) is 0. The molecule has 0 bridgehead atoms. The summed E-state index contributed by atoms with van der Waals surface area (Å²) in [5, 5.41) is 10.4. The summed E-state index contributed by atoms with van der Waals surface area (Å²) in [6.45, 7) is 1.28. The van der Waals surface area contributed by atoms with Gasteiger partial charge >= 0.3 is 5.97 Å². The lowest BCUT2D eigenvalue weighted by Gasteiger charge is -1.94. The molecule has 5 heteroatoms. The third-order valence-electron chi connectivity index (χ3n) is 1.58. The number of esters is 1. The van der Waals surface area contributed by atoms with Crippen LogP contribution in [0.3, 0.4) is 0 Å². The molecule has 0 atom stereocenters. The molecule has 0 aliphatic heterocycles. The average Bonchev–Trinajstić information content (AvgIpc) is 2.17. The Labute approximate surface area is 86.1 Å². The molecule has 15 heavy (non-hydrogen) atoms. The number of benzene rings is 1. The summed E-state index contributed by atoms with van der Waals surface area (Å²) in [4.78, 5) is 20.4. The molecule has 1 aromatic carbocycles. The molecular weight excluding hydrogens is 198 g/mol. The summed E-state index contributed by atoms with van der Waals surface area (Å²) in [7, 11) is 0. The maximum atomic E-state index is 10.4. The van der Waals surface area contributed by atoms with E-state index >= 15 is 0 Å². The van der Waals surface area contributed by atoms with E-state index in [-0.39, 0.29) is 5.69 Å². The molecule has 5 nitrogen and oxygen atoms in total. The number of nitro benzene ring substituents is 1.